The fourth-order valence-electron chi connectivity index (χ4n) is 1.30. The third kappa shape index (κ3) is 2.98. The van der Waals surface area contributed by atoms with Crippen molar-refractivity contribution in [2.45, 2.75) is 33.3 Å². The molecule has 0 amide bonds. The molecule has 3 nitrogen and oxygen atoms in total. The molecule has 1 rings (SSSR count). The highest BCUT2D eigenvalue weighted by molar-refractivity contribution is 5.72. The maximum atomic E-state index is 10.8. The maximum absolute atomic E-state index is 10.8. The van der Waals surface area contributed by atoms with E-state index in [1.54, 1.807) is 6.92 Å². The lowest BCUT2D eigenvalue weighted by Crippen LogP contribution is -2.26. The van der Waals surface area contributed by atoms with Gasteiger partial charge in [0.1, 0.15) is 5.75 Å². The van der Waals surface area contributed by atoms with Crippen LogP contribution in [-0.2, 0) is 4.79 Å². The second-order valence-corrected chi connectivity index (χ2v) is 3.62. The molecule has 0 aliphatic heterocycles. The third-order valence-electron chi connectivity index (χ3n) is 2.26. The van der Waals surface area contributed by atoms with E-state index >= 15 is 0 Å². The first kappa shape index (κ1) is 11.6. The Labute approximate surface area is 89.7 Å². The fraction of sp³-hybridized carbons (Fsp3) is 0.417. The van der Waals surface area contributed by atoms with Gasteiger partial charge >= 0.3 is 5.97 Å². The van der Waals surface area contributed by atoms with Crippen molar-refractivity contribution < 1.29 is 14.6 Å². The molecule has 0 heterocycles. The number of rotatable bonds is 4. The van der Waals surface area contributed by atoms with Gasteiger partial charge in [0.05, 0.1) is 0 Å². The lowest BCUT2D eigenvalue weighted by molar-refractivity contribution is -0.145. The van der Waals surface area contributed by atoms with Crippen molar-refractivity contribution in [2.75, 3.05) is 0 Å². The number of carbonyl (C=O) groups is 1. The number of hydrogen-bond donors (Lipinski definition) is 1. The molecular weight excluding hydrogens is 192 g/mol. The molecular formula is C12H16O3. The van der Waals surface area contributed by atoms with Gasteiger partial charge in [0.15, 0.2) is 6.10 Å². The van der Waals surface area contributed by atoms with Crippen LogP contribution in [0.4, 0.5) is 0 Å². The summed E-state index contributed by atoms with van der Waals surface area (Å²) in [6, 6.07) is 5.77. The Morgan fingerprint density at radius 3 is 2.67 bits per heavy atom. The topological polar surface area (TPSA) is 46.5 Å². The van der Waals surface area contributed by atoms with Crippen molar-refractivity contribution in [3.05, 3.63) is 29.3 Å². The summed E-state index contributed by atoms with van der Waals surface area (Å²) in [4.78, 5) is 10.8. The summed E-state index contributed by atoms with van der Waals surface area (Å²) in [7, 11) is 0. The minimum atomic E-state index is -0.918. The van der Waals surface area contributed by atoms with Crippen molar-refractivity contribution in [3.63, 3.8) is 0 Å². The van der Waals surface area contributed by atoms with Gasteiger partial charge in [-0.1, -0.05) is 19.1 Å². The Hall–Kier alpha value is -1.51. The summed E-state index contributed by atoms with van der Waals surface area (Å²) < 4.78 is 5.44. The first-order chi connectivity index (χ1) is 7.04. The molecule has 0 aromatic heterocycles. The number of aryl methyl sites for hydroxylation is 2. The zero-order valence-corrected chi connectivity index (χ0v) is 9.28. The molecule has 0 aliphatic carbocycles. The van der Waals surface area contributed by atoms with Crippen LogP contribution in [0.3, 0.4) is 0 Å². The second kappa shape index (κ2) is 4.82. The van der Waals surface area contributed by atoms with E-state index in [4.69, 9.17) is 9.84 Å². The van der Waals surface area contributed by atoms with Crippen molar-refractivity contribution in [1.29, 1.82) is 0 Å². The van der Waals surface area contributed by atoms with Crippen LogP contribution < -0.4 is 4.74 Å². The third-order valence-corrected chi connectivity index (χ3v) is 2.26. The highest BCUT2D eigenvalue weighted by Gasteiger charge is 2.17. The van der Waals surface area contributed by atoms with E-state index in [9.17, 15) is 4.79 Å². The van der Waals surface area contributed by atoms with Gasteiger partial charge < -0.3 is 9.84 Å². The average Bonchev–Trinajstić information content (AvgIpc) is 2.18. The van der Waals surface area contributed by atoms with E-state index < -0.39 is 12.1 Å². The van der Waals surface area contributed by atoms with Crippen molar-refractivity contribution in [2.24, 2.45) is 0 Å². The van der Waals surface area contributed by atoms with Gasteiger partial charge in [-0.05, 0) is 37.5 Å². The van der Waals surface area contributed by atoms with Crippen LogP contribution in [0, 0.1) is 13.8 Å². The highest BCUT2D eigenvalue weighted by atomic mass is 16.5. The number of carboxylic acid groups (broad SMARTS) is 1. The number of ether oxygens (including phenoxy) is 1. The smallest absolute Gasteiger partial charge is 0.344 e. The van der Waals surface area contributed by atoms with Crippen LogP contribution in [0.5, 0.6) is 5.75 Å². The summed E-state index contributed by atoms with van der Waals surface area (Å²) in [6.07, 6.45) is -0.298. The van der Waals surface area contributed by atoms with E-state index in [0.29, 0.717) is 12.2 Å². The van der Waals surface area contributed by atoms with E-state index in [1.165, 1.54) is 0 Å². The minimum Gasteiger partial charge on any atom is -0.479 e. The van der Waals surface area contributed by atoms with Gasteiger partial charge in [0, 0.05) is 0 Å². The minimum absolute atomic E-state index is 0.461. The van der Waals surface area contributed by atoms with Crippen LogP contribution in [0.2, 0.25) is 0 Å². The normalized spacial score (nSPS) is 12.2. The molecule has 1 aromatic rings. The Kier molecular flexibility index (Phi) is 3.72. The number of carboxylic acids is 1. The number of aliphatic carboxylic acids is 1. The summed E-state index contributed by atoms with van der Waals surface area (Å²) in [5, 5.41) is 8.87. The molecule has 1 N–H and O–H groups in total. The maximum Gasteiger partial charge on any atom is 0.344 e. The largest absolute Gasteiger partial charge is 0.479 e. The standard InChI is InChI=1S/C12H16O3/c1-4-10(12(13)14)15-11-7-8(2)5-6-9(11)3/h5-7,10H,4H2,1-3H3,(H,13,14). The fourth-order valence-corrected chi connectivity index (χ4v) is 1.30. The SMILES string of the molecule is CCC(Oc1cc(C)ccc1C)C(=O)O. The average molecular weight is 208 g/mol. The zero-order chi connectivity index (χ0) is 11.4. The van der Waals surface area contributed by atoms with Crippen molar-refractivity contribution in [1.82, 2.24) is 0 Å². The van der Waals surface area contributed by atoms with Gasteiger partial charge in [-0.3, -0.25) is 0 Å². The van der Waals surface area contributed by atoms with E-state index in [1.807, 2.05) is 32.0 Å². The predicted octanol–water partition coefficient (Wildman–Crippen LogP) is 2.55. The molecule has 0 radical (unpaired) electrons. The van der Waals surface area contributed by atoms with Crippen LogP contribution in [0.15, 0.2) is 18.2 Å². The van der Waals surface area contributed by atoms with E-state index in [0.717, 1.165) is 11.1 Å². The Morgan fingerprint density at radius 1 is 1.47 bits per heavy atom. The molecule has 0 bridgehead atoms. The molecule has 0 fully saturated rings. The van der Waals surface area contributed by atoms with Crippen molar-refractivity contribution in [3.8, 4) is 5.75 Å². The zero-order valence-electron chi connectivity index (χ0n) is 9.28. The van der Waals surface area contributed by atoms with Crippen LogP contribution in [0.25, 0.3) is 0 Å². The first-order valence-corrected chi connectivity index (χ1v) is 5.01. The molecule has 1 atom stereocenters. The summed E-state index contributed by atoms with van der Waals surface area (Å²) in [5.41, 5.74) is 2.02. The molecule has 1 unspecified atom stereocenters. The summed E-state index contributed by atoms with van der Waals surface area (Å²) in [6.45, 7) is 5.65. The van der Waals surface area contributed by atoms with Crippen LogP contribution in [0.1, 0.15) is 24.5 Å². The highest BCUT2D eigenvalue weighted by Crippen LogP contribution is 2.21. The van der Waals surface area contributed by atoms with Gasteiger partial charge in [-0.25, -0.2) is 4.79 Å². The Bertz CT molecular complexity index is 358. The second-order valence-electron chi connectivity index (χ2n) is 3.62. The summed E-state index contributed by atoms with van der Waals surface area (Å²) >= 11 is 0. The molecule has 1 aromatic carbocycles. The lowest BCUT2D eigenvalue weighted by Gasteiger charge is -2.15. The van der Waals surface area contributed by atoms with Gasteiger partial charge in [-0.2, -0.15) is 0 Å². The van der Waals surface area contributed by atoms with Crippen LogP contribution >= 0.6 is 0 Å². The predicted molar refractivity (Wildman–Crippen MR) is 58.3 cm³/mol. The molecule has 0 saturated heterocycles. The monoisotopic (exact) mass is 208 g/mol. The molecule has 0 spiro atoms. The molecule has 0 aliphatic rings. The molecule has 15 heavy (non-hydrogen) atoms. The molecule has 0 saturated carbocycles. The Morgan fingerprint density at radius 2 is 2.13 bits per heavy atom. The number of hydrogen-bond acceptors (Lipinski definition) is 2. The van der Waals surface area contributed by atoms with E-state index in [-0.39, 0.29) is 0 Å². The van der Waals surface area contributed by atoms with Crippen LogP contribution in [-0.4, -0.2) is 17.2 Å². The first-order valence-electron chi connectivity index (χ1n) is 5.01. The molecule has 3 heteroatoms. The Balaban J connectivity index is 2.87. The van der Waals surface area contributed by atoms with Gasteiger partial charge in [-0.15, -0.1) is 0 Å². The van der Waals surface area contributed by atoms with Gasteiger partial charge in [0.25, 0.3) is 0 Å². The van der Waals surface area contributed by atoms with Crippen molar-refractivity contribution >= 4 is 5.97 Å². The van der Waals surface area contributed by atoms with Gasteiger partial charge in [0.2, 0.25) is 0 Å². The quantitative estimate of drug-likeness (QED) is 0.827. The molecule has 82 valence electrons. The lowest BCUT2D eigenvalue weighted by atomic mass is 10.1. The summed E-state index contributed by atoms with van der Waals surface area (Å²) in [5.74, 6) is -0.261. The van der Waals surface area contributed by atoms with E-state index in [2.05, 4.69) is 0 Å². The number of benzene rings is 1.